The van der Waals surface area contributed by atoms with Gasteiger partial charge in [0.2, 0.25) is 0 Å². The van der Waals surface area contributed by atoms with Crippen LogP contribution in [0.2, 0.25) is 0 Å². The molecule has 0 aliphatic rings. The number of carbonyl (C=O) groups is 1. The smallest absolute Gasteiger partial charge is 0.339 e. The van der Waals surface area contributed by atoms with Crippen molar-refractivity contribution in [3.63, 3.8) is 0 Å². The lowest BCUT2D eigenvalue weighted by molar-refractivity contribution is 0.0526. The molecule has 5 nitrogen and oxygen atoms in total. The molecule has 3 aromatic rings. The van der Waals surface area contributed by atoms with Gasteiger partial charge in [0.25, 0.3) is 0 Å². The van der Waals surface area contributed by atoms with E-state index >= 15 is 0 Å². The van der Waals surface area contributed by atoms with E-state index < -0.39 is 0 Å². The van der Waals surface area contributed by atoms with Crippen molar-refractivity contribution in [2.45, 2.75) is 13.0 Å². The van der Waals surface area contributed by atoms with Crippen LogP contribution in [0.25, 0.3) is 0 Å². The molecule has 1 aromatic carbocycles. The van der Waals surface area contributed by atoms with Gasteiger partial charge in [0.05, 0.1) is 12.2 Å². The number of pyridine rings is 1. The fourth-order valence-electron chi connectivity index (χ4n) is 2.27. The molecule has 1 N–H and O–H groups in total. The summed E-state index contributed by atoms with van der Waals surface area (Å²) in [5, 5.41) is 6.29. The Morgan fingerprint density at radius 3 is 2.67 bits per heavy atom. The Kier molecular flexibility index (Phi) is 5.18. The van der Waals surface area contributed by atoms with Crippen molar-refractivity contribution >= 4 is 23.1 Å². The van der Waals surface area contributed by atoms with Crippen LogP contribution in [0.15, 0.2) is 60.2 Å². The molecule has 122 valence electrons. The predicted octanol–water partition coefficient (Wildman–Crippen LogP) is 3.92. The van der Waals surface area contributed by atoms with Crippen LogP contribution in [0.1, 0.15) is 33.9 Å². The van der Waals surface area contributed by atoms with Crippen molar-refractivity contribution in [1.29, 1.82) is 0 Å². The lowest BCUT2D eigenvalue weighted by atomic mass is 10.1. The van der Waals surface area contributed by atoms with Crippen molar-refractivity contribution in [2.75, 3.05) is 11.9 Å². The molecule has 0 spiro atoms. The third-order valence-corrected chi connectivity index (χ3v) is 4.24. The summed E-state index contributed by atoms with van der Waals surface area (Å²) >= 11 is 1.58. The maximum Gasteiger partial charge on any atom is 0.339 e. The fourth-order valence-corrected chi connectivity index (χ4v) is 2.99. The Labute approximate surface area is 144 Å². The molecule has 2 heterocycles. The summed E-state index contributed by atoms with van der Waals surface area (Å²) in [5.74, 6) is 0.309. The number of nitrogens with zero attached hydrogens (tertiary/aromatic N) is 2. The predicted molar refractivity (Wildman–Crippen MR) is 94.2 cm³/mol. The Hall–Kier alpha value is -2.73. The first-order chi connectivity index (χ1) is 11.8. The molecule has 0 bridgehead atoms. The van der Waals surface area contributed by atoms with Gasteiger partial charge in [-0.15, -0.1) is 11.3 Å². The zero-order valence-electron chi connectivity index (χ0n) is 13.2. The molecule has 0 amide bonds. The third kappa shape index (κ3) is 3.78. The molecule has 1 atom stereocenters. The van der Waals surface area contributed by atoms with Gasteiger partial charge in [-0.3, -0.25) is 0 Å². The van der Waals surface area contributed by atoms with Crippen LogP contribution in [0.5, 0.6) is 0 Å². The summed E-state index contributed by atoms with van der Waals surface area (Å²) in [6, 6.07) is 13.5. The van der Waals surface area contributed by atoms with E-state index in [0.717, 1.165) is 10.6 Å². The Morgan fingerprint density at radius 2 is 2.04 bits per heavy atom. The maximum atomic E-state index is 11.7. The summed E-state index contributed by atoms with van der Waals surface area (Å²) in [6.07, 6.45) is 3.30. The van der Waals surface area contributed by atoms with E-state index in [1.54, 1.807) is 36.6 Å². The molecule has 0 saturated carbocycles. The number of carbonyl (C=O) groups excluding carboxylic acids is 1. The second kappa shape index (κ2) is 7.70. The quantitative estimate of drug-likeness (QED) is 0.690. The van der Waals surface area contributed by atoms with E-state index in [2.05, 4.69) is 15.3 Å². The third-order valence-electron chi connectivity index (χ3n) is 3.40. The average Bonchev–Trinajstić information content (AvgIpc) is 3.15. The minimum atomic E-state index is -0.365. The summed E-state index contributed by atoms with van der Waals surface area (Å²) < 4.78 is 4.97. The van der Waals surface area contributed by atoms with Crippen molar-refractivity contribution in [3.8, 4) is 0 Å². The Balaban J connectivity index is 1.82. The van der Waals surface area contributed by atoms with Gasteiger partial charge < -0.3 is 10.1 Å². The lowest BCUT2D eigenvalue weighted by Crippen LogP contribution is -2.13. The van der Waals surface area contributed by atoms with E-state index in [1.165, 1.54) is 6.20 Å². The molecule has 1 unspecified atom stereocenters. The summed E-state index contributed by atoms with van der Waals surface area (Å²) in [7, 11) is 0. The highest BCUT2D eigenvalue weighted by Gasteiger charge is 2.17. The highest BCUT2D eigenvalue weighted by molar-refractivity contribution is 7.09. The van der Waals surface area contributed by atoms with Crippen LogP contribution in [0, 0.1) is 0 Å². The first-order valence-electron chi connectivity index (χ1n) is 7.62. The lowest BCUT2D eigenvalue weighted by Gasteiger charge is -2.17. The molecule has 2 aromatic heterocycles. The molecular formula is C18H17N3O2S. The maximum absolute atomic E-state index is 11.7. The first kappa shape index (κ1) is 16.1. The number of ether oxygens (including phenoxy) is 1. The molecule has 3 rings (SSSR count). The van der Waals surface area contributed by atoms with Crippen LogP contribution in [-0.4, -0.2) is 22.5 Å². The van der Waals surface area contributed by atoms with Gasteiger partial charge in [-0.2, -0.15) is 0 Å². The van der Waals surface area contributed by atoms with E-state index in [0.29, 0.717) is 18.0 Å². The minimum absolute atomic E-state index is 0.0906. The van der Waals surface area contributed by atoms with E-state index in [1.807, 2.05) is 35.7 Å². The molecule has 0 radical (unpaired) electrons. The second-order valence-corrected chi connectivity index (χ2v) is 5.94. The van der Waals surface area contributed by atoms with Gasteiger partial charge in [0.15, 0.2) is 0 Å². The zero-order valence-corrected chi connectivity index (χ0v) is 14.0. The van der Waals surface area contributed by atoms with Gasteiger partial charge in [-0.25, -0.2) is 14.8 Å². The summed E-state index contributed by atoms with van der Waals surface area (Å²) in [6.45, 7) is 2.12. The fraction of sp³-hybridized carbons (Fsp3) is 0.167. The Bertz CT molecular complexity index is 774. The van der Waals surface area contributed by atoms with Crippen LogP contribution < -0.4 is 5.32 Å². The molecule has 0 fully saturated rings. The SMILES string of the molecule is CCOC(=O)c1ccc(NC(c2ccccc2)c2nccs2)nc1. The van der Waals surface area contributed by atoms with Gasteiger partial charge in [-0.05, 0) is 24.6 Å². The number of aromatic nitrogens is 2. The number of benzene rings is 1. The molecule has 0 aliphatic carbocycles. The van der Waals surface area contributed by atoms with Crippen LogP contribution in [0.3, 0.4) is 0 Å². The molecular weight excluding hydrogens is 322 g/mol. The number of thiazole rings is 1. The number of hydrogen-bond acceptors (Lipinski definition) is 6. The highest BCUT2D eigenvalue weighted by Crippen LogP contribution is 2.27. The van der Waals surface area contributed by atoms with Gasteiger partial charge in [-0.1, -0.05) is 30.3 Å². The summed E-state index contributed by atoms with van der Waals surface area (Å²) in [5.41, 5.74) is 1.54. The number of rotatable bonds is 6. The number of esters is 1. The van der Waals surface area contributed by atoms with Gasteiger partial charge >= 0.3 is 5.97 Å². The van der Waals surface area contributed by atoms with Crippen LogP contribution >= 0.6 is 11.3 Å². The topological polar surface area (TPSA) is 64.1 Å². The van der Waals surface area contributed by atoms with E-state index in [4.69, 9.17) is 4.74 Å². The van der Waals surface area contributed by atoms with Gasteiger partial charge in [0, 0.05) is 17.8 Å². The van der Waals surface area contributed by atoms with E-state index in [-0.39, 0.29) is 12.0 Å². The zero-order chi connectivity index (χ0) is 16.8. The normalized spacial score (nSPS) is 11.7. The molecule has 24 heavy (non-hydrogen) atoms. The van der Waals surface area contributed by atoms with Crippen molar-refractivity contribution in [3.05, 3.63) is 76.4 Å². The minimum Gasteiger partial charge on any atom is -0.462 e. The number of nitrogens with one attached hydrogen (secondary N) is 1. The molecule has 6 heteroatoms. The summed E-state index contributed by atoms with van der Waals surface area (Å²) in [4.78, 5) is 20.4. The van der Waals surface area contributed by atoms with Crippen LogP contribution in [-0.2, 0) is 4.74 Å². The first-order valence-corrected chi connectivity index (χ1v) is 8.50. The highest BCUT2D eigenvalue weighted by atomic mass is 32.1. The largest absolute Gasteiger partial charge is 0.462 e. The molecule has 0 aliphatic heterocycles. The van der Waals surface area contributed by atoms with Gasteiger partial charge in [0.1, 0.15) is 16.9 Å². The molecule has 0 saturated heterocycles. The van der Waals surface area contributed by atoms with Crippen molar-refractivity contribution in [2.24, 2.45) is 0 Å². The van der Waals surface area contributed by atoms with Crippen molar-refractivity contribution in [1.82, 2.24) is 9.97 Å². The van der Waals surface area contributed by atoms with Crippen LogP contribution in [0.4, 0.5) is 5.82 Å². The standard InChI is InChI=1S/C18H17N3O2S/c1-2-23-18(22)14-8-9-15(20-12-14)21-16(17-19-10-11-24-17)13-6-4-3-5-7-13/h3-12,16H,2H2,1H3,(H,20,21). The number of anilines is 1. The second-order valence-electron chi connectivity index (χ2n) is 5.01. The monoisotopic (exact) mass is 339 g/mol. The Morgan fingerprint density at radius 1 is 1.21 bits per heavy atom. The number of hydrogen-bond donors (Lipinski definition) is 1. The average molecular weight is 339 g/mol. The van der Waals surface area contributed by atoms with Crippen molar-refractivity contribution < 1.29 is 9.53 Å². The van der Waals surface area contributed by atoms with E-state index in [9.17, 15) is 4.79 Å².